The lowest BCUT2D eigenvalue weighted by molar-refractivity contribution is -0.140. The van der Waals surface area contributed by atoms with E-state index in [1.807, 2.05) is 12.1 Å². The molecule has 1 saturated carbocycles. The van der Waals surface area contributed by atoms with Crippen molar-refractivity contribution >= 4 is 11.5 Å². The van der Waals surface area contributed by atoms with Gasteiger partial charge in [-0.15, -0.1) is 0 Å². The number of carbonyl (C=O) groups excluding carboxylic acids is 1. The first kappa shape index (κ1) is 30.0. The molecule has 0 spiro atoms. The predicted molar refractivity (Wildman–Crippen MR) is 151 cm³/mol. The molecule has 1 fully saturated rings. The van der Waals surface area contributed by atoms with Crippen LogP contribution in [-0.4, -0.2) is 49.2 Å². The molecule has 1 unspecified atom stereocenters. The Labute approximate surface area is 228 Å². The van der Waals surface area contributed by atoms with E-state index in [1.165, 1.54) is 62.5 Å². The SMILES string of the molecule is C=C(CO)C(=O)OCCOc1cc(OCCO)cc(C2=C(C)CC(C3CCC(CCCCC)CC3)C=C2)c1. The van der Waals surface area contributed by atoms with Crippen LogP contribution in [0.5, 0.6) is 11.5 Å². The predicted octanol–water partition coefficient (Wildman–Crippen LogP) is 6.26. The van der Waals surface area contributed by atoms with Gasteiger partial charge in [-0.05, 0) is 67.2 Å². The van der Waals surface area contributed by atoms with Crippen LogP contribution in [0.1, 0.15) is 77.2 Å². The fourth-order valence-corrected chi connectivity index (χ4v) is 5.67. The van der Waals surface area contributed by atoms with Crippen molar-refractivity contribution in [2.75, 3.05) is 33.0 Å². The van der Waals surface area contributed by atoms with Gasteiger partial charge < -0.3 is 24.4 Å². The van der Waals surface area contributed by atoms with E-state index < -0.39 is 12.6 Å². The summed E-state index contributed by atoms with van der Waals surface area (Å²) in [5.41, 5.74) is 3.56. The topological polar surface area (TPSA) is 85.2 Å². The van der Waals surface area contributed by atoms with Gasteiger partial charge in [0.15, 0.2) is 0 Å². The third-order valence-corrected chi connectivity index (χ3v) is 7.84. The second kappa shape index (κ2) is 15.7. The summed E-state index contributed by atoms with van der Waals surface area (Å²) < 4.78 is 16.6. The Morgan fingerprint density at radius 1 is 1.00 bits per heavy atom. The van der Waals surface area contributed by atoms with E-state index in [9.17, 15) is 9.90 Å². The third-order valence-electron chi connectivity index (χ3n) is 7.84. The van der Waals surface area contributed by atoms with Crippen molar-refractivity contribution in [3.63, 3.8) is 0 Å². The van der Waals surface area contributed by atoms with Crippen molar-refractivity contribution in [1.82, 2.24) is 0 Å². The standard InChI is InChI=1S/C32H46O6/c1-4-5-6-7-25-8-10-26(11-9-25)27-12-13-31(23(2)18-27)28-19-29(36-15-14-33)21-30(20-28)37-16-17-38-32(35)24(3)22-34/h12-13,19-21,25-27,33-34H,3-11,14-18,22H2,1-2H3. The van der Waals surface area contributed by atoms with Gasteiger partial charge >= 0.3 is 5.97 Å². The van der Waals surface area contributed by atoms with Crippen LogP contribution < -0.4 is 9.47 Å². The van der Waals surface area contributed by atoms with Gasteiger partial charge in [-0.3, -0.25) is 0 Å². The molecule has 0 saturated heterocycles. The van der Waals surface area contributed by atoms with Crippen molar-refractivity contribution in [3.8, 4) is 11.5 Å². The van der Waals surface area contributed by atoms with Crippen LogP contribution >= 0.6 is 0 Å². The highest BCUT2D eigenvalue weighted by atomic mass is 16.6. The number of carbonyl (C=O) groups is 1. The number of aliphatic hydroxyl groups is 2. The lowest BCUT2D eigenvalue weighted by Crippen LogP contribution is -2.22. The smallest absolute Gasteiger partial charge is 0.335 e. The van der Waals surface area contributed by atoms with Crippen LogP contribution in [0.15, 0.2) is 48.1 Å². The zero-order chi connectivity index (χ0) is 27.3. The second-order valence-corrected chi connectivity index (χ2v) is 10.7. The molecule has 0 bridgehead atoms. The molecule has 1 atom stereocenters. The number of esters is 1. The fourth-order valence-electron chi connectivity index (χ4n) is 5.67. The van der Waals surface area contributed by atoms with Crippen LogP contribution in [0.25, 0.3) is 5.57 Å². The van der Waals surface area contributed by atoms with Gasteiger partial charge in [0.2, 0.25) is 0 Å². The summed E-state index contributed by atoms with van der Waals surface area (Å²) >= 11 is 0. The minimum Gasteiger partial charge on any atom is -0.491 e. The average Bonchev–Trinajstić information content (AvgIpc) is 2.94. The molecule has 6 heteroatoms. The summed E-state index contributed by atoms with van der Waals surface area (Å²) in [7, 11) is 0. The Bertz CT molecular complexity index is 970. The third kappa shape index (κ3) is 9.02. The van der Waals surface area contributed by atoms with Crippen LogP contribution in [-0.2, 0) is 9.53 Å². The zero-order valence-corrected chi connectivity index (χ0v) is 23.3. The maximum absolute atomic E-state index is 11.7. The lowest BCUT2D eigenvalue weighted by atomic mass is 9.71. The number of ether oxygens (including phenoxy) is 3. The summed E-state index contributed by atoms with van der Waals surface area (Å²) in [4.78, 5) is 11.7. The number of aliphatic hydroxyl groups excluding tert-OH is 2. The minimum absolute atomic E-state index is 0.0107. The Morgan fingerprint density at radius 3 is 2.34 bits per heavy atom. The highest BCUT2D eigenvalue weighted by Gasteiger charge is 2.28. The van der Waals surface area contributed by atoms with Crippen LogP contribution in [0.3, 0.4) is 0 Å². The number of allylic oxidation sites excluding steroid dienone is 4. The highest BCUT2D eigenvalue weighted by molar-refractivity contribution is 5.87. The number of unbranched alkanes of at least 4 members (excludes halogenated alkanes) is 2. The first-order valence-corrected chi connectivity index (χ1v) is 14.3. The molecule has 2 aliphatic carbocycles. The van der Waals surface area contributed by atoms with Gasteiger partial charge in [-0.25, -0.2) is 4.79 Å². The summed E-state index contributed by atoms with van der Waals surface area (Å²) in [6.07, 6.45) is 16.6. The summed E-state index contributed by atoms with van der Waals surface area (Å²) in [5.74, 6) is 2.88. The summed E-state index contributed by atoms with van der Waals surface area (Å²) in [5, 5.41) is 18.2. The Kier molecular flexibility index (Phi) is 12.4. The van der Waals surface area contributed by atoms with Crippen LogP contribution in [0.4, 0.5) is 0 Å². The number of benzene rings is 1. The molecule has 0 radical (unpaired) electrons. The molecule has 0 aromatic heterocycles. The molecule has 3 rings (SSSR count). The lowest BCUT2D eigenvalue weighted by Gasteiger charge is -2.34. The van der Waals surface area contributed by atoms with Crippen LogP contribution in [0.2, 0.25) is 0 Å². The van der Waals surface area contributed by atoms with Gasteiger partial charge in [0.25, 0.3) is 0 Å². The maximum atomic E-state index is 11.7. The van der Waals surface area contributed by atoms with E-state index in [4.69, 9.17) is 19.3 Å². The molecule has 0 heterocycles. The normalized spacial score (nSPS) is 21.3. The fraction of sp³-hybridized carbons (Fsp3) is 0.594. The van der Waals surface area contributed by atoms with Gasteiger partial charge in [0, 0.05) is 6.07 Å². The molecular formula is C32H46O6. The molecule has 2 N–H and O–H groups in total. The monoisotopic (exact) mass is 526 g/mol. The quantitative estimate of drug-likeness (QED) is 0.159. The maximum Gasteiger partial charge on any atom is 0.335 e. The zero-order valence-electron chi connectivity index (χ0n) is 23.3. The molecule has 6 nitrogen and oxygen atoms in total. The van der Waals surface area contributed by atoms with E-state index in [0.29, 0.717) is 17.4 Å². The molecule has 38 heavy (non-hydrogen) atoms. The van der Waals surface area contributed by atoms with Gasteiger partial charge in [-0.2, -0.15) is 0 Å². The highest BCUT2D eigenvalue weighted by Crippen LogP contribution is 2.42. The Balaban J connectivity index is 1.62. The first-order valence-electron chi connectivity index (χ1n) is 14.3. The number of rotatable bonds is 15. The van der Waals surface area contributed by atoms with Crippen molar-refractivity contribution < 1.29 is 29.2 Å². The molecule has 0 amide bonds. The minimum atomic E-state index is -0.635. The van der Waals surface area contributed by atoms with Gasteiger partial charge in [0.05, 0.1) is 18.8 Å². The van der Waals surface area contributed by atoms with Crippen molar-refractivity contribution in [2.24, 2.45) is 17.8 Å². The summed E-state index contributed by atoms with van der Waals surface area (Å²) in [6.45, 7) is 7.84. The van der Waals surface area contributed by atoms with E-state index in [2.05, 4.69) is 32.6 Å². The Morgan fingerprint density at radius 2 is 1.71 bits per heavy atom. The number of hydrogen-bond acceptors (Lipinski definition) is 6. The molecule has 1 aromatic carbocycles. The second-order valence-electron chi connectivity index (χ2n) is 10.7. The summed E-state index contributed by atoms with van der Waals surface area (Å²) in [6, 6.07) is 5.74. The van der Waals surface area contributed by atoms with Gasteiger partial charge in [-0.1, -0.05) is 69.8 Å². The average molecular weight is 527 g/mol. The van der Waals surface area contributed by atoms with Crippen molar-refractivity contribution in [3.05, 3.63) is 53.6 Å². The molecule has 210 valence electrons. The van der Waals surface area contributed by atoms with Crippen molar-refractivity contribution in [2.45, 2.75) is 71.6 Å². The molecule has 2 aliphatic rings. The van der Waals surface area contributed by atoms with E-state index in [0.717, 1.165) is 23.8 Å². The molecule has 0 aliphatic heterocycles. The van der Waals surface area contributed by atoms with Gasteiger partial charge in [0.1, 0.15) is 31.3 Å². The number of hydrogen-bond donors (Lipinski definition) is 2. The van der Waals surface area contributed by atoms with Crippen molar-refractivity contribution in [1.29, 1.82) is 0 Å². The molecular weight excluding hydrogens is 480 g/mol. The van der Waals surface area contributed by atoms with E-state index in [-0.39, 0.29) is 32.0 Å². The first-order chi connectivity index (χ1) is 18.4. The van der Waals surface area contributed by atoms with E-state index in [1.54, 1.807) is 6.07 Å². The molecule has 1 aromatic rings. The van der Waals surface area contributed by atoms with E-state index >= 15 is 0 Å². The Hall–Kier alpha value is -2.57. The largest absolute Gasteiger partial charge is 0.491 e. The van der Waals surface area contributed by atoms with Crippen LogP contribution in [0, 0.1) is 17.8 Å².